The van der Waals surface area contributed by atoms with Gasteiger partial charge in [0.05, 0.1) is 6.26 Å². The van der Waals surface area contributed by atoms with E-state index in [4.69, 9.17) is 0 Å². The molecule has 0 radical (unpaired) electrons. The van der Waals surface area contributed by atoms with Crippen molar-refractivity contribution in [2.45, 2.75) is 25.4 Å². The van der Waals surface area contributed by atoms with Crippen molar-refractivity contribution in [3.8, 4) is 0 Å². The summed E-state index contributed by atoms with van der Waals surface area (Å²) in [5.41, 5.74) is 0.682. The van der Waals surface area contributed by atoms with Crippen molar-refractivity contribution in [3.63, 3.8) is 0 Å². The third-order valence-electron chi connectivity index (χ3n) is 3.60. The summed E-state index contributed by atoms with van der Waals surface area (Å²) < 4.78 is 37.2. The number of hydrogen-bond donors (Lipinski definition) is 2. The first-order valence-electron chi connectivity index (χ1n) is 7.08. The first kappa shape index (κ1) is 16.7. The van der Waals surface area contributed by atoms with Crippen LogP contribution in [-0.2, 0) is 16.6 Å². The Morgan fingerprint density at radius 3 is 2.64 bits per heavy atom. The maximum absolute atomic E-state index is 13.0. The van der Waals surface area contributed by atoms with Crippen LogP contribution >= 0.6 is 0 Å². The van der Waals surface area contributed by atoms with E-state index in [-0.39, 0.29) is 24.4 Å². The van der Waals surface area contributed by atoms with Gasteiger partial charge in [0.25, 0.3) is 0 Å². The van der Waals surface area contributed by atoms with E-state index in [1.54, 1.807) is 12.1 Å². The molecule has 0 aliphatic carbocycles. The fourth-order valence-electron chi connectivity index (χ4n) is 2.40. The number of halogens is 1. The molecule has 22 heavy (non-hydrogen) atoms. The van der Waals surface area contributed by atoms with Crippen LogP contribution in [0, 0.1) is 5.82 Å². The van der Waals surface area contributed by atoms with Gasteiger partial charge in [-0.05, 0) is 30.5 Å². The van der Waals surface area contributed by atoms with Crippen LogP contribution < -0.4 is 10.6 Å². The lowest BCUT2D eigenvalue weighted by Gasteiger charge is -2.30. The van der Waals surface area contributed by atoms with Gasteiger partial charge < -0.3 is 10.6 Å². The van der Waals surface area contributed by atoms with E-state index in [2.05, 4.69) is 10.6 Å². The number of sulfonamides is 1. The lowest BCUT2D eigenvalue weighted by atomic mass is 10.1. The molecule has 2 amide bonds. The molecule has 0 saturated carbocycles. The molecule has 1 aliphatic rings. The summed E-state index contributed by atoms with van der Waals surface area (Å²) in [4.78, 5) is 11.8. The van der Waals surface area contributed by atoms with Crippen LogP contribution in [0.25, 0.3) is 0 Å². The summed E-state index contributed by atoms with van der Waals surface area (Å²) in [6.45, 7) is 1.06. The van der Waals surface area contributed by atoms with Crippen LogP contribution in [0.3, 0.4) is 0 Å². The number of carbonyl (C=O) groups is 1. The number of benzene rings is 1. The topological polar surface area (TPSA) is 78.5 Å². The zero-order chi connectivity index (χ0) is 16.2. The average molecular weight is 329 g/mol. The molecule has 2 N–H and O–H groups in total. The van der Waals surface area contributed by atoms with Gasteiger partial charge in [-0.3, -0.25) is 0 Å². The number of carbonyl (C=O) groups excluding carboxylic acids is 1. The Balaban J connectivity index is 1.74. The second kappa shape index (κ2) is 7.06. The third-order valence-corrected chi connectivity index (χ3v) is 4.90. The molecule has 0 aromatic heterocycles. The zero-order valence-electron chi connectivity index (χ0n) is 12.4. The molecule has 0 bridgehead atoms. The molecule has 0 atom stereocenters. The van der Waals surface area contributed by atoms with Crippen molar-refractivity contribution in [1.82, 2.24) is 14.9 Å². The molecule has 1 aromatic carbocycles. The van der Waals surface area contributed by atoms with Crippen molar-refractivity contribution in [1.29, 1.82) is 0 Å². The highest BCUT2D eigenvalue weighted by Gasteiger charge is 2.25. The highest BCUT2D eigenvalue weighted by molar-refractivity contribution is 7.88. The van der Waals surface area contributed by atoms with Gasteiger partial charge in [-0.1, -0.05) is 12.1 Å². The molecule has 8 heteroatoms. The van der Waals surface area contributed by atoms with E-state index < -0.39 is 10.0 Å². The summed E-state index contributed by atoms with van der Waals surface area (Å²) in [7, 11) is -3.16. The molecule has 0 spiro atoms. The second-order valence-electron chi connectivity index (χ2n) is 5.39. The molecule has 2 rings (SSSR count). The third kappa shape index (κ3) is 4.96. The Morgan fingerprint density at radius 1 is 1.36 bits per heavy atom. The minimum Gasteiger partial charge on any atom is -0.335 e. The molecule has 0 unspecified atom stereocenters. The standard InChI is InChI=1S/C14H20FN3O3S/c1-22(20,21)18-7-5-13(6-8-18)17-14(19)16-10-11-3-2-4-12(15)9-11/h2-4,9,13H,5-8,10H2,1H3,(H2,16,17,19). The number of nitrogens with zero attached hydrogens (tertiary/aromatic N) is 1. The first-order chi connectivity index (χ1) is 10.3. The van der Waals surface area contributed by atoms with E-state index in [1.165, 1.54) is 22.7 Å². The number of rotatable bonds is 4. The van der Waals surface area contributed by atoms with Gasteiger partial charge >= 0.3 is 6.03 Å². The highest BCUT2D eigenvalue weighted by Crippen LogP contribution is 2.13. The number of amides is 2. The molecular weight excluding hydrogens is 309 g/mol. The molecule has 1 fully saturated rings. The van der Waals surface area contributed by atoms with Gasteiger partial charge in [-0.2, -0.15) is 0 Å². The average Bonchev–Trinajstić information content (AvgIpc) is 2.45. The minimum atomic E-state index is -3.16. The molecule has 1 aliphatic heterocycles. The van der Waals surface area contributed by atoms with E-state index >= 15 is 0 Å². The SMILES string of the molecule is CS(=O)(=O)N1CCC(NC(=O)NCc2cccc(F)c2)CC1. The van der Waals surface area contributed by atoms with Crippen molar-refractivity contribution in [3.05, 3.63) is 35.6 Å². The second-order valence-corrected chi connectivity index (χ2v) is 7.38. The number of piperidine rings is 1. The monoisotopic (exact) mass is 329 g/mol. The lowest BCUT2D eigenvalue weighted by Crippen LogP contribution is -2.48. The van der Waals surface area contributed by atoms with Crippen molar-refractivity contribution in [2.24, 2.45) is 0 Å². The van der Waals surface area contributed by atoms with Crippen LogP contribution in [0.2, 0.25) is 0 Å². The van der Waals surface area contributed by atoms with E-state index in [0.717, 1.165) is 0 Å². The summed E-state index contributed by atoms with van der Waals surface area (Å²) >= 11 is 0. The summed E-state index contributed by atoms with van der Waals surface area (Å²) in [5.74, 6) is -0.340. The number of nitrogens with one attached hydrogen (secondary N) is 2. The molecule has 122 valence electrons. The molecule has 1 aromatic rings. The zero-order valence-corrected chi connectivity index (χ0v) is 13.2. The quantitative estimate of drug-likeness (QED) is 0.867. The Labute approximate surface area is 129 Å². The maximum atomic E-state index is 13.0. The fourth-order valence-corrected chi connectivity index (χ4v) is 3.27. The van der Waals surface area contributed by atoms with Crippen LogP contribution in [-0.4, -0.2) is 44.1 Å². The first-order valence-corrected chi connectivity index (χ1v) is 8.93. The van der Waals surface area contributed by atoms with Crippen molar-refractivity contribution in [2.75, 3.05) is 19.3 Å². The normalized spacial score (nSPS) is 17.2. The lowest BCUT2D eigenvalue weighted by molar-refractivity contribution is 0.227. The fraction of sp³-hybridized carbons (Fsp3) is 0.500. The van der Waals surface area contributed by atoms with Gasteiger partial charge in [0, 0.05) is 25.7 Å². The predicted molar refractivity (Wildman–Crippen MR) is 81.2 cm³/mol. The van der Waals surface area contributed by atoms with Crippen LogP contribution in [0.4, 0.5) is 9.18 Å². The van der Waals surface area contributed by atoms with Gasteiger partial charge in [0.15, 0.2) is 0 Å². The number of hydrogen-bond acceptors (Lipinski definition) is 3. The van der Waals surface area contributed by atoms with Crippen molar-refractivity contribution < 1.29 is 17.6 Å². The summed E-state index contributed by atoms with van der Waals surface area (Å²) in [5, 5.41) is 5.48. The van der Waals surface area contributed by atoms with Gasteiger partial charge in [0.1, 0.15) is 5.82 Å². The highest BCUT2D eigenvalue weighted by atomic mass is 32.2. The molecule has 6 nitrogen and oxygen atoms in total. The van der Waals surface area contributed by atoms with Gasteiger partial charge in [-0.25, -0.2) is 21.9 Å². The van der Waals surface area contributed by atoms with Crippen LogP contribution in [0.5, 0.6) is 0 Å². The van der Waals surface area contributed by atoms with E-state index in [0.29, 0.717) is 31.5 Å². The Bertz CT molecular complexity index is 628. The molecule has 1 heterocycles. The smallest absolute Gasteiger partial charge is 0.315 e. The summed E-state index contributed by atoms with van der Waals surface area (Å²) in [6.07, 6.45) is 2.35. The van der Waals surface area contributed by atoms with E-state index in [9.17, 15) is 17.6 Å². The van der Waals surface area contributed by atoms with Gasteiger partial charge in [0.2, 0.25) is 10.0 Å². The Morgan fingerprint density at radius 2 is 2.05 bits per heavy atom. The largest absolute Gasteiger partial charge is 0.335 e. The Hall–Kier alpha value is -1.67. The van der Waals surface area contributed by atoms with Crippen molar-refractivity contribution >= 4 is 16.1 Å². The predicted octanol–water partition coefficient (Wildman–Crippen LogP) is 1.05. The minimum absolute atomic E-state index is 0.0505. The van der Waals surface area contributed by atoms with Gasteiger partial charge in [-0.15, -0.1) is 0 Å². The Kier molecular flexibility index (Phi) is 5.36. The van der Waals surface area contributed by atoms with Crippen LogP contribution in [0.15, 0.2) is 24.3 Å². The summed E-state index contributed by atoms with van der Waals surface area (Å²) in [6, 6.07) is 5.65. The van der Waals surface area contributed by atoms with E-state index in [1.807, 2.05) is 0 Å². The molecule has 1 saturated heterocycles. The molecular formula is C14H20FN3O3S. The number of urea groups is 1. The maximum Gasteiger partial charge on any atom is 0.315 e. The van der Waals surface area contributed by atoms with Crippen LogP contribution in [0.1, 0.15) is 18.4 Å².